The first-order chi connectivity index (χ1) is 11.4. The SMILES string of the molecule is c1ccc(-c2nc(C3COCCN3c3ncccn3)cs2)cc1. The van der Waals surface area contributed by atoms with Crippen molar-refractivity contribution in [3.05, 3.63) is 59.9 Å². The Morgan fingerprint density at radius 1 is 1.09 bits per heavy atom. The van der Waals surface area contributed by atoms with E-state index in [0.29, 0.717) is 13.2 Å². The standard InChI is InChI=1S/C17H16N4OS/c1-2-5-13(6-3-1)16-20-14(12-23-16)15-11-22-10-9-21(15)17-18-7-4-8-19-17/h1-8,12,15H,9-11H2. The van der Waals surface area contributed by atoms with E-state index in [2.05, 4.69) is 32.4 Å². The topological polar surface area (TPSA) is 51.1 Å². The molecule has 0 bridgehead atoms. The largest absolute Gasteiger partial charge is 0.377 e. The number of thiazole rings is 1. The quantitative estimate of drug-likeness (QED) is 0.740. The summed E-state index contributed by atoms with van der Waals surface area (Å²) in [4.78, 5) is 15.8. The molecule has 0 saturated carbocycles. The Hall–Kier alpha value is -2.31. The highest BCUT2D eigenvalue weighted by molar-refractivity contribution is 7.13. The first-order valence-corrected chi connectivity index (χ1v) is 8.42. The average molecular weight is 324 g/mol. The van der Waals surface area contributed by atoms with Crippen molar-refractivity contribution >= 4 is 17.3 Å². The molecule has 0 spiro atoms. The third-order valence-corrected chi connectivity index (χ3v) is 4.73. The molecule has 116 valence electrons. The summed E-state index contributed by atoms with van der Waals surface area (Å²) in [5.41, 5.74) is 2.16. The molecule has 1 aromatic carbocycles. The fourth-order valence-electron chi connectivity index (χ4n) is 2.68. The minimum absolute atomic E-state index is 0.0554. The van der Waals surface area contributed by atoms with E-state index in [9.17, 15) is 0 Å². The van der Waals surface area contributed by atoms with Crippen LogP contribution in [-0.4, -0.2) is 34.7 Å². The molecule has 0 aliphatic carbocycles. The predicted octanol–water partition coefficient (Wildman–Crippen LogP) is 3.18. The van der Waals surface area contributed by atoms with Crippen LogP contribution in [0.2, 0.25) is 0 Å². The Balaban J connectivity index is 1.64. The molecule has 2 aromatic heterocycles. The monoisotopic (exact) mass is 324 g/mol. The molecular formula is C17H16N4OS. The molecule has 1 saturated heterocycles. The molecule has 3 heterocycles. The van der Waals surface area contributed by atoms with Crippen LogP contribution < -0.4 is 4.90 Å². The van der Waals surface area contributed by atoms with Crippen molar-refractivity contribution in [1.82, 2.24) is 15.0 Å². The van der Waals surface area contributed by atoms with Gasteiger partial charge in [0.25, 0.3) is 0 Å². The van der Waals surface area contributed by atoms with Crippen molar-refractivity contribution < 1.29 is 4.74 Å². The van der Waals surface area contributed by atoms with E-state index >= 15 is 0 Å². The van der Waals surface area contributed by atoms with Gasteiger partial charge in [-0.2, -0.15) is 0 Å². The Labute approximate surface area is 138 Å². The molecule has 3 aromatic rings. The summed E-state index contributed by atoms with van der Waals surface area (Å²) in [7, 11) is 0. The Morgan fingerprint density at radius 3 is 2.74 bits per heavy atom. The van der Waals surface area contributed by atoms with Crippen LogP contribution in [0, 0.1) is 0 Å². The summed E-state index contributed by atoms with van der Waals surface area (Å²) >= 11 is 1.66. The summed E-state index contributed by atoms with van der Waals surface area (Å²) in [5, 5.41) is 3.14. The zero-order valence-electron chi connectivity index (χ0n) is 12.5. The second kappa shape index (κ2) is 6.44. The van der Waals surface area contributed by atoms with Crippen molar-refractivity contribution in [2.45, 2.75) is 6.04 Å². The first-order valence-electron chi connectivity index (χ1n) is 7.54. The lowest BCUT2D eigenvalue weighted by molar-refractivity contribution is 0.0923. The van der Waals surface area contributed by atoms with Crippen molar-refractivity contribution in [1.29, 1.82) is 0 Å². The molecule has 1 aliphatic rings. The number of anilines is 1. The second-order valence-corrected chi connectivity index (χ2v) is 6.13. The molecule has 6 heteroatoms. The van der Waals surface area contributed by atoms with E-state index in [-0.39, 0.29) is 6.04 Å². The summed E-state index contributed by atoms with van der Waals surface area (Å²) < 4.78 is 5.67. The number of nitrogens with zero attached hydrogens (tertiary/aromatic N) is 4. The lowest BCUT2D eigenvalue weighted by atomic mass is 10.2. The molecule has 4 rings (SSSR count). The second-order valence-electron chi connectivity index (χ2n) is 5.28. The minimum atomic E-state index is 0.0554. The molecule has 1 atom stereocenters. The van der Waals surface area contributed by atoms with Gasteiger partial charge in [-0.25, -0.2) is 15.0 Å². The maximum atomic E-state index is 5.67. The fourth-order valence-corrected chi connectivity index (χ4v) is 3.55. The predicted molar refractivity (Wildman–Crippen MR) is 90.5 cm³/mol. The van der Waals surface area contributed by atoms with Crippen LogP contribution in [0.25, 0.3) is 10.6 Å². The van der Waals surface area contributed by atoms with Gasteiger partial charge in [-0.05, 0) is 6.07 Å². The normalized spacial score (nSPS) is 18.1. The van der Waals surface area contributed by atoms with Crippen molar-refractivity contribution in [3.63, 3.8) is 0 Å². The molecule has 0 amide bonds. The molecular weight excluding hydrogens is 308 g/mol. The summed E-state index contributed by atoms with van der Waals surface area (Å²) in [6.45, 7) is 2.06. The van der Waals surface area contributed by atoms with Gasteiger partial charge in [0.15, 0.2) is 0 Å². The van der Waals surface area contributed by atoms with Crippen LogP contribution in [0.5, 0.6) is 0 Å². The molecule has 1 aliphatic heterocycles. The van der Waals surface area contributed by atoms with Gasteiger partial charge in [0, 0.05) is 29.9 Å². The van der Waals surface area contributed by atoms with E-state index in [0.717, 1.165) is 28.8 Å². The number of hydrogen-bond acceptors (Lipinski definition) is 6. The van der Waals surface area contributed by atoms with Gasteiger partial charge < -0.3 is 9.64 Å². The zero-order chi connectivity index (χ0) is 15.5. The minimum Gasteiger partial charge on any atom is -0.377 e. The number of rotatable bonds is 3. The van der Waals surface area contributed by atoms with Crippen molar-refractivity contribution in [2.75, 3.05) is 24.7 Å². The smallest absolute Gasteiger partial charge is 0.225 e. The molecule has 1 fully saturated rings. The molecule has 23 heavy (non-hydrogen) atoms. The number of ether oxygens (including phenoxy) is 1. The maximum Gasteiger partial charge on any atom is 0.225 e. The van der Waals surface area contributed by atoms with Crippen LogP contribution in [0.3, 0.4) is 0 Å². The van der Waals surface area contributed by atoms with E-state index < -0.39 is 0 Å². The van der Waals surface area contributed by atoms with E-state index in [1.807, 2.05) is 24.3 Å². The van der Waals surface area contributed by atoms with E-state index in [4.69, 9.17) is 9.72 Å². The van der Waals surface area contributed by atoms with Gasteiger partial charge in [-0.3, -0.25) is 0 Å². The Bertz CT molecular complexity index is 763. The summed E-state index contributed by atoms with van der Waals surface area (Å²) in [6, 6.07) is 12.1. The average Bonchev–Trinajstić information content (AvgIpc) is 3.13. The van der Waals surface area contributed by atoms with Gasteiger partial charge in [-0.1, -0.05) is 30.3 Å². The fraction of sp³-hybridized carbons (Fsp3) is 0.235. The molecule has 1 unspecified atom stereocenters. The van der Waals surface area contributed by atoms with E-state index in [1.54, 1.807) is 23.7 Å². The maximum absolute atomic E-state index is 5.67. The van der Waals surface area contributed by atoms with Crippen LogP contribution in [0.4, 0.5) is 5.95 Å². The van der Waals surface area contributed by atoms with Crippen LogP contribution in [0.1, 0.15) is 11.7 Å². The van der Waals surface area contributed by atoms with Gasteiger partial charge in [0.05, 0.1) is 24.9 Å². The highest BCUT2D eigenvalue weighted by Crippen LogP contribution is 2.31. The van der Waals surface area contributed by atoms with Crippen molar-refractivity contribution in [3.8, 4) is 10.6 Å². The van der Waals surface area contributed by atoms with Gasteiger partial charge in [0.2, 0.25) is 5.95 Å². The van der Waals surface area contributed by atoms with Crippen molar-refractivity contribution in [2.24, 2.45) is 0 Å². The van der Waals surface area contributed by atoms with E-state index in [1.165, 1.54) is 0 Å². The lowest BCUT2D eigenvalue weighted by Crippen LogP contribution is -2.40. The summed E-state index contributed by atoms with van der Waals surface area (Å²) in [6.07, 6.45) is 3.54. The zero-order valence-corrected chi connectivity index (χ0v) is 13.3. The number of benzene rings is 1. The Morgan fingerprint density at radius 2 is 1.91 bits per heavy atom. The number of aromatic nitrogens is 3. The molecule has 0 N–H and O–H groups in total. The summed E-state index contributed by atoms with van der Waals surface area (Å²) in [5.74, 6) is 0.732. The third-order valence-electron chi connectivity index (χ3n) is 3.82. The number of hydrogen-bond donors (Lipinski definition) is 0. The first kappa shape index (κ1) is 14.3. The van der Waals surface area contributed by atoms with Gasteiger partial charge in [0.1, 0.15) is 5.01 Å². The molecule has 5 nitrogen and oxygen atoms in total. The Kier molecular flexibility index (Phi) is 4.00. The van der Waals surface area contributed by atoms with Crippen LogP contribution in [-0.2, 0) is 4.74 Å². The third kappa shape index (κ3) is 2.95. The van der Waals surface area contributed by atoms with Crippen LogP contribution >= 0.6 is 11.3 Å². The highest BCUT2D eigenvalue weighted by atomic mass is 32.1. The highest BCUT2D eigenvalue weighted by Gasteiger charge is 2.28. The lowest BCUT2D eigenvalue weighted by Gasteiger charge is -2.34. The van der Waals surface area contributed by atoms with Crippen LogP contribution in [0.15, 0.2) is 54.2 Å². The van der Waals surface area contributed by atoms with Gasteiger partial charge in [-0.15, -0.1) is 11.3 Å². The molecule has 0 radical (unpaired) electrons. The number of morpholine rings is 1. The van der Waals surface area contributed by atoms with Gasteiger partial charge >= 0.3 is 0 Å².